The average molecular weight is 273 g/mol. The van der Waals surface area contributed by atoms with Gasteiger partial charge in [0.05, 0.1) is 5.54 Å². The van der Waals surface area contributed by atoms with Gasteiger partial charge in [-0.25, -0.2) is 4.98 Å². The van der Waals surface area contributed by atoms with Gasteiger partial charge in [0.1, 0.15) is 4.34 Å². The molecule has 2 unspecified atom stereocenters. The maximum Gasteiger partial charge on any atom is 0.237 e. The molecular weight excluding hydrogens is 254 g/mol. The third kappa shape index (κ3) is 3.97. The van der Waals surface area contributed by atoms with Crippen LogP contribution in [0.5, 0.6) is 0 Å². The van der Waals surface area contributed by atoms with E-state index in [0.717, 1.165) is 10.0 Å². The van der Waals surface area contributed by atoms with Gasteiger partial charge in [-0.1, -0.05) is 18.7 Å². The zero-order valence-electron chi connectivity index (χ0n) is 10.6. The molecule has 0 aliphatic heterocycles. The molecule has 96 valence electrons. The summed E-state index contributed by atoms with van der Waals surface area (Å²) in [6.07, 6.45) is 0.683. The molecule has 0 saturated heterocycles. The molecule has 3 N–H and O–H groups in total. The van der Waals surface area contributed by atoms with Gasteiger partial charge in [-0.2, -0.15) is 0 Å². The lowest BCUT2D eigenvalue weighted by Gasteiger charge is -2.27. The number of carbonyl (C=O) groups is 1. The second kappa shape index (κ2) is 5.84. The summed E-state index contributed by atoms with van der Waals surface area (Å²) in [5.74, 6) is -0.317. The van der Waals surface area contributed by atoms with Crippen LogP contribution in [-0.4, -0.2) is 28.7 Å². The molecule has 1 aromatic heterocycles. The van der Waals surface area contributed by atoms with E-state index in [2.05, 4.69) is 17.2 Å². The van der Waals surface area contributed by atoms with Crippen LogP contribution in [0.3, 0.4) is 0 Å². The maximum atomic E-state index is 11.4. The molecule has 0 aromatic carbocycles. The van der Waals surface area contributed by atoms with Crippen LogP contribution in [0.2, 0.25) is 0 Å². The minimum atomic E-state index is -0.654. The summed E-state index contributed by atoms with van der Waals surface area (Å²) in [6, 6.07) is 0. The maximum absolute atomic E-state index is 11.4. The molecule has 0 bridgehead atoms. The van der Waals surface area contributed by atoms with Gasteiger partial charge < -0.3 is 11.1 Å². The summed E-state index contributed by atoms with van der Waals surface area (Å²) in [7, 11) is 1.76. The van der Waals surface area contributed by atoms with Gasteiger partial charge in [-0.3, -0.25) is 4.79 Å². The number of amides is 1. The van der Waals surface area contributed by atoms with E-state index < -0.39 is 5.54 Å². The Morgan fingerprint density at radius 3 is 2.82 bits per heavy atom. The van der Waals surface area contributed by atoms with Crippen molar-refractivity contribution in [3.8, 4) is 0 Å². The number of nitrogens with one attached hydrogen (secondary N) is 1. The van der Waals surface area contributed by atoms with Crippen molar-refractivity contribution in [1.29, 1.82) is 0 Å². The highest BCUT2D eigenvalue weighted by Crippen LogP contribution is 2.30. The molecule has 0 fully saturated rings. The molecular formula is C11H19N3OS2. The van der Waals surface area contributed by atoms with Crippen molar-refractivity contribution >= 4 is 29.0 Å². The molecule has 17 heavy (non-hydrogen) atoms. The fourth-order valence-electron chi connectivity index (χ4n) is 1.50. The van der Waals surface area contributed by atoms with Gasteiger partial charge in [0, 0.05) is 16.3 Å². The lowest BCUT2D eigenvalue weighted by molar-refractivity contribution is -0.123. The first-order valence-corrected chi connectivity index (χ1v) is 7.21. The van der Waals surface area contributed by atoms with Crippen LogP contribution in [0.1, 0.15) is 26.0 Å². The summed E-state index contributed by atoms with van der Waals surface area (Å²) in [5, 5.41) is 5.31. The molecule has 0 radical (unpaired) electrons. The van der Waals surface area contributed by atoms with Crippen LogP contribution in [0.25, 0.3) is 0 Å². The number of rotatable bonds is 6. The quantitative estimate of drug-likeness (QED) is 0.775. The van der Waals surface area contributed by atoms with Crippen LogP contribution in [0.4, 0.5) is 0 Å². The number of primary amides is 1. The number of hydrogen-bond donors (Lipinski definition) is 2. The molecule has 1 aromatic rings. The number of likely N-dealkylation sites (N-methyl/N-ethyl adjacent to an activating group) is 1. The van der Waals surface area contributed by atoms with Gasteiger partial charge in [0.15, 0.2) is 0 Å². The summed E-state index contributed by atoms with van der Waals surface area (Å²) in [4.78, 5) is 15.8. The van der Waals surface area contributed by atoms with Crippen molar-refractivity contribution in [2.24, 2.45) is 5.73 Å². The zero-order valence-corrected chi connectivity index (χ0v) is 12.2. The third-order valence-electron chi connectivity index (χ3n) is 2.69. The summed E-state index contributed by atoms with van der Waals surface area (Å²) in [6.45, 7) is 5.89. The SMILES string of the molecule is CNC(C)(CC(C)Sc1nc(C)cs1)C(N)=O. The topological polar surface area (TPSA) is 68.0 Å². The highest BCUT2D eigenvalue weighted by molar-refractivity contribution is 8.01. The first kappa shape index (κ1) is 14.5. The summed E-state index contributed by atoms with van der Waals surface area (Å²) in [5.41, 5.74) is 5.79. The smallest absolute Gasteiger partial charge is 0.237 e. The predicted molar refractivity (Wildman–Crippen MR) is 73.4 cm³/mol. The number of aromatic nitrogens is 1. The van der Waals surface area contributed by atoms with E-state index in [-0.39, 0.29) is 11.2 Å². The average Bonchev–Trinajstić information content (AvgIpc) is 2.63. The normalized spacial score (nSPS) is 16.5. The molecule has 2 atom stereocenters. The lowest BCUT2D eigenvalue weighted by atomic mass is 9.95. The van der Waals surface area contributed by atoms with Gasteiger partial charge in [0.25, 0.3) is 0 Å². The van der Waals surface area contributed by atoms with Crippen molar-refractivity contribution in [1.82, 2.24) is 10.3 Å². The molecule has 1 amide bonds. The molecule has 0 aliphatic carbocycles. The second-order valence-corrected chi connectivity index (χ2v) is 6.88. The van der Waals surface area contributed by atoms with E-state index >= 15 is 0 Å². The van der Waals surface area contributed by atoms with Crippen LogP contribution < -0.4 is 11.1 Å². The Bertz CT molecular complexity index is 394. The summed E-state index contributed by atoms with van der Waals surface area (Å²) >= 11 is 3.32. The number of aryl methyl sites for hydroxylation is 1. The number of nitrogens with zero attached hydrogens (tertiary/aromatic N) is 1. The lowest BCUT2D eigenvalue weighted by Crippen LogP contribution is -2.52. The number of carbonyl (C=O) groups excluding carboxylic acids is 1. The van der Waals surface area contributed by atoms with E-state index in [1.54, 1.807) is 30.1 Å². The van der Waals surface area contributed by atoms with Crippen LogP contribution in [0, 0.1) is 6.92 Å². The Morgan fingerprint density at radius 1 is 1.76 bits per heavy atom. The van der Waals surface area contributed by atoms with E-state index in [1.807, 2.05) is 19.2 Å². The highest BCUT2D eigenvalue weighted by Gasteiger charge is 2.31. The highest BCUT2D eigenvalue weighted by atomic mass is 32.2. The fraction of sp³-hybridized carbons (Fsp3) is 0.636. The largest absolute Gasteiger partial charge is 0.368 e. The Morgan fingerprint density at radius 2 is 2.41 bits per heavy atom. The van der Waals surface area contributed by atoms with Crippen molar-refractivity contribution in [2.45, 2.75) is 42.3 Å². The molecule has 0 spiro atoms. The summed E-state index contributed by atoms with van der Waals surface area (Å²) < 4.78 is 1.04. The predicted octanol–water partition coefficient (Wildman–Crippen LogP) is 1.79. The van der Waals surface area contributed by atoms with Crippen LogP contribution >= 0.6 is 23.1 Å². The minimum Gasteiger partial charge on any atom is -0.368 e. The van der Waals surface area contributed by atoms with E-state index in [1.165, 1.54) is 0 Å². The molecule has 6 heteroatoms. The fourth-order valence-corrected chi connectivity index (χ4v) is 3.84. The molecule has 1 rings (SSSR count). The Balaban J connectivity index is 2.59. The first-order valence-electron chi connectivity index (χ1n) is 5.45. The van der Waals surface area contributed by atoms with Gasteiger partial charge in [-0.15, -0.1) is 11.3 Å². The van der Waals surface area contributed by atoms with Gasteiger partial charge in [-0.05, 0) is 27.3 Å². The first-order chi connectivity index (χ1) is 7.87. The number of nitrogens with two attached hydrogens (primary N) is 1. The number of hydrogen-bond acceptors (Lipinski definition) is 5. The van der Waals surface area contributed by atoms with Gasteiger partial charge >= 0.3 is 0 Å². The number of thioether (sulfide) groups is 1. The van der Waals surface area contributed by atoms with Crippen LogP contribution in [-0.2, 0) is 4.79 Å². The molecule has 1 heterocycles. The van der Waals surface area contributed by atoms with Crippen molar-refractivity contribution in [3.05, 3.63) is 11.1 Å². The monoisotopic (exact) mass is 273 g/mol. The second-order valence-electron chi connectivity index (χ2n) is 4.33. The van der Waals surface area contributed by atoms with Crippen molar-refractivity contribution in [3.63, 3.8) is 0 Å². The standard InChI is InChI=1S/C11H19N3OS2/c1-7-6-16-10(14-7)17-8(2)5-11(3,13-4)9(12)15/h6,8,13H,5H2,1-4H3,(H2,12,15). The van der Waals surface area contributed by atoms with Crippen LogP contribution in [0.15, 0.2) is 9.72 Å². The van der Waals surface area contributed by atoms with Crippen molar-refractivity contribution < 1.29 is 4.79 Å². The zero-order chi connectivity index (χ0) is 13.1. The molecule has 0 aliphatic rings. The third-order valence-corrected chi connectivity index (χ3v) is 4.88. The van der Waals surface area contributed by atoms with Crippen molar-refractivity contribution in [2.75, 3.05) is 7.05 Å². The van der Waals surface area contributed by atoms with E-state index in [9.17, 15) is 4.79 Å². The van der Waals surface area contributed by atoms with E-state index in [0.29, 0.717) is 6.42 Å². The van der Waals surface area contributed by atoms with Gasteiger partial charge in [0.2, 0.25) is 5.91 Å². The molecule has 4 nitrogen and oxygen atoms in total. The Kier molecular flexibility index (Phi) is 4.97. The van der Waals surface area contributed by atoms with E-state index in [4.69, 9.17) is 5.73 Å². The minimum absolute atomic E-state index is 0.283. The Labute approximate surface area is 110 Å². The molecule has 0 saturated carbocycles. The number of thiazole rings is 1. The Hall–Kier alpha value is -0.590.